The summed E-state index contributed by atoms with van der Waals surface area (Å²) in [6, 6.07) is 30.7. The summed E-state index contributed by atoms with van der Waals surface area (Å²) in [6.45, 7) is 0. The van der Waals surface area contributed by atoms with Gasteiger partial charge in [-0.3, -0.25) is 0 Å². The van der Waals surface area contributed by atoms with E-state index in [0.717, 1.165) is 38.8 Å². The van der Waals surface area contributed by atoms with E-state index >= 15 is 0 Å². The monoisotopic (exact) mass is 607 g/mol. The molecule has 0 radical (unpaired) electrons. The van der Waals surface area contributed by atoms with Gasteiger partial charge in [-0.1, -0.05) is 41.9 Å². The maximum atomic E-state index is 5.81. The van der Waals surface area contributed by atoms with Crippen LogP contribution in [0.4, 0.5) is 0 Å². The molecule has 0 fully saturated rings. The van der Waals surface area contributed by atoms with E-state index < -0.39 is 0 Å². The van der Waals surface area contributed by atoms with Crippen LogP contribution in [-0.4, -0.2) is 19.5 Å². The van der Waals surface area contributed by atoms with Crippen LogP contribution in [0.15, 0.2) is 97.6 Å². The maximum Gasteiger partial charge on any atom is 2.00 e. The molecule has 6 aromatic rings. The van der Waals surface area contributed by atoms with Gasteiger partial charge in [-0.25, -0.2) is 21.1 Å². The van der Waals surface area contributed by atoms with Crippen molar-refractivity contribution in [3.63, 3.8) is 0 Å². The van der Waals surface area contributed by atoms with Gasteiger partial charge in [0.2, 0.25) is 5.88 Å². The first-order chi connectivity index (χ1) is 15.9. The van der Waals surface area contributed by atoms with E-state index in [1.165, 1.54) is 0 Å². The Labute approximate surface area is 205 Å². The Kier molecular flexibility index (Phi) is 5.72. The van der Waals surface area contributed by atoms with Crippen molar-refractivity contribution in [2.75, 3.05) is 0 Å². The molecule has 0 atom stereocenters. The number of ether oxygens (including phenoxy) is 1. The van der Waals surface area contributed by atoms with Gasteiger partial charge in [-0.15, -0.1) is 12.1 Å². The molecule has 0 unspecified atom stereocenters. The molecule has 6 rings (SSSR count). The predicted octanol–water partition coefficient (Wildman–Crippen LogP) is 6.03. The topological polar surface area (TPSA) is 52.8 Å². The van der Waals surface area contributed by atoms with Crippen LogP contribution in [0.3, 0.4) is 0 Å². The first-order valence-corrected chi connectivity index (χ1v) is 10.2. The summed E-state index contributed by atoms with van der Waals surface area (Å²) < 4.78 is 7.95. The van der Waals surface area contributed by atoms with Gasteiger partial charge in [0.15, 0.2) is 0 Å². The number of aromatic nitrogens is 4. The summed E-state index contributed by atoms with van der Waals surface area (Å²) in [6.07, 6.45) is 6.87. The van der Waals surface area contributed by atoms with E-state index in [0.29, 0.717) is 11.6 Å². The third kappa shape index (κ3) is 3.92. The van der Waals surface area contributed by atoms with Crippen LogP contribution in [0.5, 0.6) is 11.6 Å². The summed E-state index contributed by atoms with van der Waals surface area (Å²) in [5.74, 6) is 1.85. The van der Waals surface area contributed by atoms with Gasteiger partial charge in [0.25, 0.3) is 0 Å². The molecule has 160 valence electrons. The summed E-state index contributed by atoms with van der Waals surface area (Å²) in [5, 5.41) is 2.27. The SMILES string of the molecule is [Pt+2].[c-]1c(Oc2ccccn2)cncc1-c1[c-]c2c(cc1)c1ccccc1n2-c1ccccn1. The number of nitrogens with zero attached hydrogens (tertiary/aromatic N) is 4. The zero-order valence-corrected chi connectivity index (χ0v) is 19.5. The normalized spacial score (nSPS) is 10.8. The Morgan fingerprint density at radius 1 is 0.697 bits per heavy atom. The molecule has 33 heavy (non-hydrogen) atoms. The number of hydrogen-bond donors (Lipinski definition) is 0. The predicted molar refractivity (Wildman–Crippen MR) is 124 cm³/mol. The van der Waals surface area contributed by atoms with Crippen LogP contribution in [0.2, 0.25) is 0 Å². The fraction of sp³-hybridized carbons (Fsp3) is 0. The molecule has 0 aliphatic heterocycles. The van der Waals surface area contributed by atoms with E-state index in [9.17, 15) is 0 Å². The molecule has 0 N–H and O–H groups in total. The zero-order valence-electron chi connectivity index (χ0n) is 17.3. The first kappa shape index (κ1) is 21.0. The first-order valence-electron chi connectivity index (χ1n) is 10.2. The van der Waals surface area contributed by atoms with Crippen molar-refractivity contribution < 1.29 is 25.8 Å². The number of hydrogen-bond acceptors (Lipinski definition) is 4. The van der Waals surface area contributed by atoms with Crippen molar-refractivity contribution in [3.8, 4) is 28.6 Å². The smallest absolute Gasteiger partial charge is 0.458 e. The molecule has 0 spiro atoms. The molecule has 0 aliphatic rings. The molecule has 6 heteroatoms. The van der Waals surface area contributed by atoms with Crippen molar-refractivity contribution >= 4 is 21.8 Å². The van der Waals surface area contributed by atoms with E-state index in [4.69, 9.17) is 4.74 Å². The van der Waals surface area contributed by atoms with Crippen LogP contribution in [-0.2, 0) is 21.1 Å². The van der Waals surface area contributed by atoms with Crippen LogP contribution >= 0.6 is 0 Å². The molecule has 0 saturated heterocycles. The fourth-order valence-electron chi connectivity index (χ4n) is 3.86. The Balaban J connectivity index is 0.00000228. The van der Waals surface area contributed by atoms with Crippen LogP contribution < -0.4 is 4.74 Å². The number of rotatable bonds is 4. The average molecular weight is 608 g/mol. The molecular formula is C27H16N4OPt. The van der Waals surface area contributed by atoms with Crippen LogP contribution in [0.25, 0.3) is 38.8 Å². The Hall–Kier alpha value is -3.82. The molecule has 2 aromatic carbocycles. The van der Waals surface area contributed by atoms with Crippen molar-refractivity contribution in [2.45, 2.75) is 0 Å². The summed E-state index contributed by atoms with van der Waals surface area (Å²) >= 11 is 0. The quantitative estimate of drug-likeness (QED) is 0.230. The molecule has 0 bridgehead atoms. The molecule has 0 aliphatic carbocycles. The second kappa shape index (κ2) is 8.97. The Morgan fingerprint density at radius 3 is 2.33 bits per heavy atom. The third-order valence-electron chi connectivity index (χ3n) is 5.26. The van der Waals surface area contributed by atoms with E-state index in [2.05, 4.69) is 55.9 Å². The van der Waals surface area contributed by atoms with E-state index in [1.54, 1.807) is 30.9 Å². The van der Waals surface area contributed by atoms with Gasteiger partial charge < -0.3 is 14.3 Å². The summed E-state index contributed by atoms with van der Waals surface area (Å²) in [5.41, 5.74) is 3.70. The molecule has 0 amide bonds. The van der Waals surface area contributed by atoms with Gasteiger partial charge in [-0.2, -0.15) is 12.1 Å². The minimum absolute atomic E-state index is 0. The van der Waals surface area contributed by atoms with Crippen molar-refractivity contribution in [1.82, 2.24) is 19.5 Å². The second-order valence-corrected chi connectivity index (χ2v) is 7.26. The Morgan fingerprint density at radius 2 is 1.52 bits per heavy atom. The third-order valence-corrected chi connectivity index (χ3v) is 5.26. The van der Waals surface area contributed by atoms with Crippen molar-refractivity contribution in [3.05, 3.63) is 110 Å². The maximum absolute atomic E-state index is 5.81. The van der Waals surface area contributed by atoms with E-state index in [-0.39, 0.29) is 21.1 Å². The number of benzene rings is 2. The van der Waals surface area contributed by atoms with Gasteiger partial charge in [0.05, 0.1) is 5.75 Å². The Bertz CT molecular complexity index is 1550. The second-order valence-electron chi connectivity index (χ2n) is 7.26. The number of para-hydroxylation sites is 1. The van der Waals surface area contributed by atoms with Crippen LogP contribution in [0, 0.1) is 12.1 Å². The van der Waals surface area contributed by atoms with Gasteiger partial charge in [-0.05, 0) is 41.4 Å². The molecule has 4 aromatic heterocycles. The largest absolute Gasteiger partial charge is 2.00 e. The fourth-order valence-corrected chi connectivity index (χ4v) is 3.86. The minimum Gasteiger partial charge on any atom is -0.458 e. The number of pyridine rings is 3. The minimum atomic E-state index is 0. The van der Waals surface area contributed by atoms with E-state index in [1.807, 2.05) is 42.5 Å². The van der Waals surface area contributed by atoms with Crippen LogP contribution in [0.1, 0.15) is 0 Å². The van der Waals surface area contributed by atoms with Crippen molar-refractivity contribution in [2.24, 2.45) is 0 Å². The van der Waals surface area contributed by atoms with Gasteiger partial charge in [0.1, 0.15) is 5.82 Å². The van der Waals surface area contributed by atoms with Crippen molar-refractivity contribution in [1.29, 1.82) is 0 Å². The standard InChI is InChI=1S/C27H16N4O.Pt/c1-2-8-24-22(7-1)23-12-11-19(16-25(23)31(24)26-9-3-5-13-29-26)20-15-21(18-28-17-20)32-27-10-4-6-14-30-27;/h1-14,17-18H;/q-2;+2. The molecule has 5 nitrogen and oxygen atoms in total. The molecular weight excluding hydrogens is 591 g/mol. The molecule has 4 heterocycles. The zero-order chi connectivity index (χ0) is 21.3. The van der Waals surface area contributed by atoms with Gasteiger partial charge in [0, 0.05) is 24.0 Å². The molecule has 0 saturated carbocycles. The summed E-state index contributed by atoms with van der Waals surface area (Å²) in [7, 11) is 0. The average Bonchev–Trinajstić information content (AvgIpc) is 3.19. The van der Waals surface area contributed by atoms with Gasteiger partial charge >= 0.3 is 21.1 Å². The number of fused-ring (bicyclic) bond motifs is 3. The summed E-state index contributed by atoms with van der Waals surface area (Å²) in [4.78, 5) is 13.1.